The first kappa shape index (κ1) is 24.4. The topological polar surface area (TPSA) is 0 Å². The molecule has 0 heteroatoms. The minimum atomic E-state index is 0. The average molecular weight is 421 g/mol. The SMILES string of the molecule is CC.CC(C)CCC[C@@H](C)[C@H]1CCC2C3CC=C4CC(C)CC[C@]4(C)C3CC[C@@]21C.[HH].[HH].[HH]. The second-order valence-electron chi connectivity index (χ2n) is 12.6. The van der Waals surface area contributed by atoms with E-state index in [0.29, 0.717) is 10.8 Å². The van der Waals surface area contributed by atoms with Gasteiger partial charge in [-0.2, -0.15) is 0 Å². The van der Waals surface area contributed by atoms with Gasteiger partial charge in [-0.15, -0.1) is 0 Å². The van der Waals surface area contributed by atoms with Crippen molar-refractivity contribution in [2.24, 2.45) is 52.3 Å². The summed E-state index contributed by atoms with van der Waals surface area (Å²) in [7, 11) is 0. The molecule has 0 aromatic carbocycles. The smallest absolute Gasteiger partial charge is 0 e. The first-order chi connectivity index (χ1) is 14.3. The number of rotatable bonds is 5. The van der Waals surface area contributed by atoms with Crippen LogP contribution in [-0.2, 0) is 0 Å². The lowest BCUT2D eigenvalue weighted by Gasteiger charge is -2.58. The molecule has 4 rings (SSSR count). The van der Waals surface area contributed by atoms with Gasteiger partial charge in [-0.05, 0) is 104 Å². The average Bonchev–Trinajstić information content (AvgIpc) is 3.07. The molecule has 4 aliphatic rings. The molecule has 0 bridgehead atoms. The van der Waals surface area contributed by atoms with E-state index in [1.54, 1.807) is 0 Å². The zero-order valence-electron chi connectivity index (χ0n) is 21.9. The van der Waals surface area contributed by atoms with Crippen LogP contribution in [0.15, 0.2) is 11.6 Å². The fraction of sp³-hybridized carbons (Fsp3) is 0.933. The summed E-state index contributed by atoms with van der Waals surface area (Å²) in [5.41, 5.74) is 3.06. The molecule has 3 saturated carbocycles. The Balaban J connectivity index is 0.00000199. The minimum Gasteiger partial charge on any atom is -0.0845 e. The van der Waals surface area contributed by atoms with E-state index >= 15 is 0 Å². The summed E-state index contributed by atoms with van der Waals surface area (Å²) in [4.78, 5) is 0. The highest BCUT2D eigenvalue weighted by atomic mass is 14.6. The highest BCUT2D eigenvalue weighted by molar-refractivity contribution is 5.25. The van der Waals surface area contributed by atoms with Gasteiger partial charge in [0.2, 0.25) is 0 Å². The molecule has 0 amide bonds. The van der Waals surface area contributed by atoms with E-state index in [-0.39, 0.29) is 4.28 Å². The van der Waals surface area contributed by atoms with Crippen LogP contribution in [0.2, 0.25) is 0 Å². The number of allylic oxidation sites excluding steroid dienone is 2. The van der Waals surface area contributed by atoms with E-state index in [1.807, 2.05) is 19.4 Å². The van der Waals surface area contributed by atoms with Gasteiger partial charge < -0.3 is 0 Å². The van der Waals surface area contributed by atoms with Gasteiger partial charge in [0, 0.05) is 4.28 Å². The number of hydrogen-bond donors (Lipinski definition) is 0. The summed E-state index contributed by atoms with van der Waals surface area (Å²) in [5.74, 6) is 6.73. The van der Waals surface area contributed by atoms with Crippen molar-refractivity contribution in [2.75, 3.05) is 0 Å². The lowest BCUT2D eigenvalue weighted by atomic mass is 9.46. The van der Waals surface area contributed by atoms with Gasteiger partial charge in [0.1, 0.15) is 0 Å². The lowest BCUT2D eigenvalue weighted by Crippen LogP contribution is -2.50. The molecule has 3 fully saturated rings. The van der Waals surface area contributed by atoms with Crippen molar-refractivity contribution in [1.82, 2.24) is 0 Å². The second kappa shape index (κ2) is 9.70. The Morgan fingerprint density at radius 3 is 2.40 bits per heavy atom. The molecule has 4 aliphatic carbocycles. The Hall–Kier alpha value is -0.260. The minimum absolute atomic E-state index is 0. The van der Waals surface area contributed by atoms with Crippen LogP contribution in [0.4, 0.5) is 0 Å². The van der Waals surface area contributed by atoms with E-state index in [9.17, 15) is 0 Å². The van der Waals surface area contributed by atoms with E-state index < -0.39 is 0 Å². The Morgan fingerprint density at radius 2 is 1.70 bits per heavy atom. The Morgan fingerprint density at radius 1 is 0.967 bits per heavy atom. The Bertz CT molecular complexity index is 599. The highest BCUT2D eigenvalue weighted by Gasteiger charge is 2.58. The zero-order valence-corrected chi connectivity index (χ0v) is 21.9. The first-order valence-corrected chi connectivity index (χ1v) is 13.9. The summed E-state index contributed by atoms with van der Waals surface area (Å²) < 4.78 is 0. The fourth-order valence-corrected chi connectivity index (χ4v) is 8.87. The van der Waals surface area contributed by atoms with E-state index in [0.717, 1.165) is 41.4 Å². The maximum Gasteiger partial charge on any atom is 0 e. The standard InChI is InChI=1S/C28H48.C2H6.3H2/c1-19(2)8-7-9-21(4)24-12-13-25-23-11-10-22-18-20(3)14-16-27(22,5)26(23)15-17-28(24,25)6;1-2;;;/h10,19-21,23-26H,7-9,11-18H2,1-6H3;1-2H3;3*1H/t20?,21-,23?,24-,25?,26?,27+,28-;;;;/m1..../s1. The Labute approximate surface area is 194 Å². The summed E-state index contributed by atoms with van der Waals surface area (Å²) in [5, 5.41) is 0. The van der Waals surface area contributed by atoms with Crippen molar-refractivity contribution in [3.8, 4) is 0 Å². The summed E-state index contributed by atoms with van der Waals surface area (Å²) in [6.45, 7) is 19.3. The van der Waals surface area contributed by atoms with Crippen molar-refractivity contribution in [1.29, 1.82) is 0 Å². The van der Waals surface area contributed by atoms with Gasteiger partial charge in [0.05, 0.1) is 0 Å². The van der Waals surface area contributed by atoms with Crippen LogP contribution in [0.25, 0.3) is 0 Å². The lowest BCUT2D eigenvalue weighted by molar-refractivity contribution is -0.0523. The third kappa shape index (κ3) is 4.32. The third-order valence-corrected chi connectivity index (χ3v) is 10.6. The molecule has 0 spiro atoms. The number of hydrogen-bond acceptors (Lipinski definition) is 0. The molecule has 4 unspecified atom stereocenters. The first-order valence-electron chi connectivity index (χ1n) is 13.9. The zero-order chi connectivity index (χ0) is 22.1. The van der Waals surface area contributed by atoms with E-state index in [2.05, 4.69) is 47.6 Å². The van der Waals surface area contributed by atoms with Gasteiger partial charge in [-0.3, -0.25) is 0 Å². The van der Waals surface area contributed by atoms with Gasteiger partial charge >= 0.3 is 0 Å². The fourth-order valence-electron chi connectivity index (χ4n) is 8.87. The van der Waals surface area contributed by atoms with Gasteiger partial charge in [-0.1, -0.05) is 86.3 Å². The van der Waals surface area contributed by atoms with Crippen LogP contribution >= 0.6 is 0 Å². The molecule has 0 saturated heterocycles. The van der Waals surface area contributed by atoms with Crippen LogP contribution in [0.3, 0.4) is 0 Å². The molecule has 0 aromatic rings. The third-order valence-electron chi connectivity index (χ3n) is 10.6. The highest BCUT2D eigenvalue weighted by Crippen LogP contribution is 2.67. The van der Waals surface area contributed by atoms with Crippen molar-refractivity contribution in [3.63, 3.8) is 0 Å². The summed E-state index contributed by atoms with van der Waals surface area (Å²) in [6, 6.07) is 0. The maximum atomic E-state index is 2.75. The predicted octanol–water partition coefficient (Wildman–Crippen LogP) is 10.4. The van der Waals surface area contributed by atoms with E-state index in [4.69, 9.17) is 0 Å². The molecular weight excluding hydrogens is 360 g/mol. The van der Waals surface area contributed by atoms with Gasteiger partial charge in [0.15, 0.2) is 0 Å². The molecule has 8 atom stereocenters. The molecular formula is C30H60. The largest absolute Gasteiger partial charge is 0.0845 e. The summed E-state index contributed by atoms with van der Waals surface area (Å²) >= 11 is 0. The predicted molar refractivity (Wildman–Crippen MR) is 140 cm³/mol. The molecule has 0 radical (unpaired) electrons. The molecule has 180 valence electrons. The van der Waals surface area contributed by atoms with Crippen LogP contribution in [0.1, 0.15) is 130 Å². The van der Waals surface area contributed by atoms with Crippen LogP contribution in [0, 0.1) is 52.3 Å². The molecule has 0 aliphatic heterocycles. The van der Waals surface area contributed by atoms with Crippen molar-refractivity contribution >= 4 is 0 Å². The monoisotopic (exact) mass is 420 g/mol. The van der Waals surface area contributed by atoms with E-state index in [1.165, 1.54) is 70.6 Å². The molecule has 0 nitrogen and oxygen atoms in total. The van der Waals surface area contributed by atoms with Crippen LogP contribution in [0.5, 0.6) is 0 Å². The van der Waals surface area contributed by atoms with Gasteiger partial charge in [-0.25, -0.2) is 0 Å². The van der Waals surface area contributed by atoms with Crippen molar-refractivity contribution in [2.45, 2.75) is 126 Å². The van der Waals surface area contributed by atoms with Crippen LogP contribution < -0.4 is 0 Å². The van der Waals surface area contributed by atoms with Crippen molar-refractivity contribution in [3.05, 3.63) is 11.6 Å². The number of fused-ring (bicyclic) bond motifs is 5. The quantitative estimate of drug-likeness (QED) is 0.388. The second-order valence-corrected chi connectivity index (χ2v) is 12.6. The molecule has 0 heterocycles. The van der Waals surface area contributed by atoms with Crippen molar-refractivity contribution < 1.29 is 4.28 Å². The molecule has 0 aromatic heterocycles. The molecule has 30 heavy (non-hydrogen) atoms. The summed E-state index contributed by atoms with van der Waals surface area (Å²) in [6.07, 6.45) is 19.0. The molecule has 0 N–H and O–H groups in total. The maximum absolute atomic E-state index is 2.75. The Kier molecular flexibility index (Phi) is 7.89. The van der Waals surface area contributed by atoms with Gasteiger partial charge in [0.25, 0.3) is 0 Å². The van der Waals surface area contributed by atoms with Crippen LogP contribution in [-0.4, -0.2) is 0 Å². The normalized spacial score (nSPS) is 43.6.